The summed E-state index contributed by atoms with van der Waals surface area (Å²) < 4.78 is 10.1. The van der Waals surface area contributed by atoms with Gasteiger partial charge in [-0.15, -0.1) is 0 Å². The number of hydrogen-bond donors (Lipinski definition) is 1. The molecule has 0 atom stereocenters. The first-order valence-corrected chi connectivity index (χ1v) is 5.04. The Morgan fingerprint density at radius 2 is 2.25 bits per heavy atom. The van der Waals surface area contributed by atoms with Crippen LogP contribution < -0.4 is 5.32 Å². The Kier molecular flexibility index (Phi) is 5.92. The fraction of sp³-hybridized carbons (Fsp3) is 0.455. The predicted octanol–water partition coefficient (Wildman–Crippen LogP) is 1.03. The zero-order valence-corrected chi connectivity index (χ0v) is 9.27. The van der Waals surface area contributed by atoms with Gasteiger partial charge in [0.2, 0.25) is 0 Å². The van der Waals surface area contributed by atoms with Crippen molar-refractivity contribution in [2.24, 2.45) is 0 Å². The van der Waals surface area contributed by atoms with Gasteiger partial charge in [0, 0.05) is 13.7 Å². The molecule has 0 radical (unpaired) electrons. The van der Waals surface area contributed by atoms with Gasteiger partial charge in [-0.25, -0.2) is 4.98 Å². The van der Waals surface area contributed by atoms with Crippen molar-refractivity contribution < 1.29 is 9.47 Å². The zero-order valence-electron chi connectivity index (χ0n) is 9.27. The molecule has 0 amide bonds. The monoisotopic (exact) mass is 221 g/mol. The topological polar surface area (TPSA) is 67.2 Å². The Hall–Kier alpha value is -1.64. The number of anilines is 1. The molecule has 0 aliphatic heterocycles. The highest BCUT2D eigenvalue weighted by atomic mass is 16.5. The van der Waals surface area contributed by atoms with E-state index in [1.54, 1.807) is 19.2 Å². The first kappa shape index (κ1) is 12.4. The molecule has 0 bridgehead atoms. The van der Waals surface area contributed by atoms with Crippen molar-refractivity contribution in [3.05, 3.63) is 23.9 Å². The number of nitrogens with zero attached hydrogens (tertiary/aromatic N) is 2. The lowest BCUT2D eigenvalue weighted by Gasteiger charge is -2.06. The van der Waals surface area contributed by atoms with E-state index in [0.717, 1.165) is 0 Å². The van der Waals surface area contributed by atoms with Gasteiger partial charge in [0.15, 0.2) is 0 Å². The van der Waals surface area contributed by atoms with E-state index in [2.05, 4.69) is 10.3 Å². The van der Waals surface area contributed by atoms with Gasteiger partial charge in [0.25, 0.3) is 0 Å². The van der Waals surface area contributed by atoms with Gasteiger partial charge >= 0.3 is 0 Å². The van der Waals surface area contributed by atoms with Crippen LogP contribution in [0.2, 0.25) is 0 Å². The minimum atomic E-state index is 0.408. The molecule has 16 heavy (non-hydrogen) atoms. The maximum atomic E-state index is 8.65. The van der Waals surface area contributed by atoms with Gasteiger partial charge in [0.05, 0.1) is 19.8 Å². The third-order valence-corrected chi connectivity index (χ3v) is 1.85. The molecule has 0 saturated carbocycles. The number of nitrogens with one attached hydrogen (secondary N) is 1. The van der Waals surface area contributed by atoms with Crippen LogP contribution in [0, 0.1) is 11.3 Å². The molecule has 0 aromatic carbocycles. The van der Waals surface area contributed by atoms with E-state index >= 15 is 0 Å². The summed E-state index contributed by atoms with van der Waals surface area (Å²) in [5.74, 6) is 0.689. The molecular weight excluding hydrogens is 206 g/mol. The lowest BCUT2D eigenvalue weighted by molar-refractivity contribution is 0.0759. The lowest BCUT2D eigenvalue weighted by atomic mass is 10.3. The zero-order chi connectivity index (χ0) is 11.6. The second-order valence-electron chi connectivity index (χ2n) is 3.05. The van der Waals surface area contributed by atoms with Gasteiger partial charge in [-0.3, -0.25) is 0 Å². The molecule has 5 nitrogen and oxygen atoms in total. The van der Waals surface area contributed by atoms with Crippen LogP contribution in [0.25, 0.3) is 0 Å². The van der Waals surface area contributed by atoms with Crippen molar-refractivity contribution in [3.63, 3.8) is 0 Å². The molecule has 0 aliphatic rings. The van der Waals surface area contributed by atoms with Gasteiger partial charge in [-0.1, -0.05) is 6.07 Å². The number of aromatic nitrogens is 1. The maximum Gasteiger partial charge on any atom is 0.142 e. The molecule has 1 N–H and O–H groups in total. The molecule has 1 rings (SSSR count). The molecule has 5 heteroatoms. The Balaban J connectivity index is 2.19. The molecule has 1 aromatic heterocycles. The Bertz CT molecular complexity index is 349. The summed E-state index contributed by atoms with van der Waals surface area (Å²) in [4.78, 5) is 4.07. The van der Waals surface area contributed by atoms with Crippen LogP contribution in [0.3, 0.4) is 0 Å². The fourth-order valence-electron chi connectivity index (χ4n) is 1.09. The molecule has 1 aromatic rings. The van der Waals surface area contributed by atoms with Crippen LogP contribution in [0.5, 0.6) is 0 Å². The first-order chi connectivity index (χ1) is 7.86. The summed E-state index contributed by atoms with van der Waals surface area (Å²) in [5.41, 5.74) is 0.408. The van der Waals surface area contributed by atoms with Crippen LogP contribution in [-0.4, -0.2) is 38.5 Å². The summed E-state index contributed by atoms with van der Waals surface area (Å²) in [6.07, 6.45) is 0. The van der Waals surface area contributed by atoms with Crippen molar-refractivity contribution in [1.82, 2.24) is 4.98 Å². The van der Waals surface area contributed by atoms with E-state index < -0.39 is 0 Å². The van der Waals surface area contributed by atoms with Crippen LogP contribution in [-0.2, 0) is 9.47 Å². The van der Waals surface area contributed by atoms with Gasteiger partial charge < -0.3 is 14.8 Å². The van der Waals surface area contributed by atoms with E-state index in [0.29, 0.717) is 37.9 Å². The van der Waals surface area contributed by atoms with E-state index in [1.165, 1.54) is 0 Å². The van der Waals surface area contributed by atoms with Crippen LogP contribution in [0.4, 0.5) is 5.82 Å². The largest absolute Gasteiger partial charge is 0.382 e. The third kappa shape index (κ3) is 4.73. The highest BCUT2D eigenvalue weighted by Crippen LogP contribution is 2.02. The first-order valence-electron chi connectivity index (χ1n) is 5.04. The molecular formula is C11H15N3O2. The van der Waals surface area contributed by atoms with Crippen molar-refractivity contribution in [3.8, 4) is 6.07 Å². The number of ether oxygens (including phenoxy) is 2. The number of hydrogen-bond acceptors (Lipinski definition) is 5. The van der Waals surface area contributed by atoms with Crippen LogP contribution in [0.1, 0.15) is 5.69 Å². The summed E-state index contributed by atoms with van der Waals surface area (Å²) >= 11 is 0. The highest BCUT2D eigenvalue weighted by molar-refractivity contribution is 5.38. The van der Waals surface area contributed by atoms with E-state index in [1.807, 2.05) is 12.1 Å². The average molecular weight is 221 g/mol. The summed E-state index contributed by atoms with van der Waals surface area (Å²) in [7, 11) is 1.64. The SMILES string of the molecule is COCCOCCNc1cccc(C#N)n1. The Morgan fingerprint density at radius 1 is 1.38 bits per heavy atom. The summed E-state index contributed by atoms with van der Waals surface area (Å²) in [6.45, 7) is 2.43. The molecule has 0 unspecified atom stereocenters. The Morgan fingerprint density at radius 3 is 3.00 bits per heavy atom. The smallest absolute Gasteiger partial charge is 0.142 e. The number of pyridine rings is 1. The molecule has 86 valence electrons. The fourth-order valence-corrected chi connectivity index (χ4v) is 1.09. The van der Waals surface area contributed by atoms with Crippen molar-refractivity contribution >= 4 is 5.82 Å². The number of nitriles is 1. The minimum Gasteiger partial charge on any atom is -0.382 e. The quantitative estimate of drug-likeness (QED) is 0.696. The van der Waals surface area contributed by atoms with Crippen LogP contribution >= 0.6 is 0 Å². The van der Waals surface area contributed by atoms with Gasteiger partial charge in [-0.2, -0.15) is 5.26 Å². The molecule has 0 spiro atoms. The highest BCUT2D eigenvalue weighted by Gasteiger charge is 1.95. The van der Waals surface area contributed by atoms with E-state index in [9.17, 15) is 0 Å². The molecule has 1 heterocycles. The van der Waals surface area contributed by atoms with E-state index in [4.69, 9.17) is 14.7 Å². The Labute approximate surface area is 95.0 Å². The second-order valence-corrected chi connectivity index (χ2v) is 3.05. The van der Waals surface area contributed by atoms with Crippen molar-refractivity contribution in [1.29, 1.82) is 5.26 Å². The van der Waals surface area contributed by atoms with Gasteiger partial charge in [-0.05, 0) is 12.1 Å². The van der Waals surface area contributed by atoms with Gasteiger partial charge in [0.1, 0.15) is 17.6 Å². The molecule has 0 saturated heterocycles. The number of rotatable bonds is 7. The normalized spacial score (nSPS) is 9.75. The predicted molar refractivity (Wildman–Crippen MR) is 60.1 cm³/mol. The number of methoxy groups -OCH3 is 1. The van der Waals surface area contributed by atoms with Crippen molar-refractivity contribution in [2.45, 2.75) is 0 Å². The van der Waals surface area contributed by atoms with Crippen LogP contribution in [0.15, 0.2) is 18.2 Å². The molecule has 0 aliphatic carbocycles. The standard InChI is InChI=1S/C11H15N3O2/c1-15-7-8-16-6-5-13-11-4-2-3-10(9-12)14-11/h2-4H,5-8H2,1H3,(H,13,14). The average Bonchev–Trinajstić information content (AvgIpc) is 2.34. The third-order valence-electron chi connectivity index (χ3n) is 1.85. The van der Waals surface area contributed by atoms with Crippen molar-refractivity contribution in [2.75, 3.05) is 38.8 Å². The minimum absolute atomic E-state index is 0.408. The summed E-state index contributed by atoms with van der Waals surface area (Å²) in [5, 5.41) is 11.7. The summed E-state index contributed by atoms with van der Waals surface area (Å²) in [6, 6.07) is 7.26. The van der Waals surface area contributed by atoms with E-state index in [-0.39, 0.29) is 0 Å². The second kappa shape index (κ2) is 7.63. The molecule has 0 fully saturated rings. The lowest BCUT2D eigenvalue weighted by Crippen LogP contribution is -2.12. The maximum absolute atomic E-state index is 8.65.